The molecule has 0 saturated carbocycles. The lowest BCUT2D eigenvalue weighted by atomic mass is 10.2. The molecule has 0 aliphatic heterocycles. The summed E-state index contributed by atoms with van der Waals surface area (Å²) in [6.07, 6.45) is 0.807. The van der Waals surface area contributed by atoms with E-state index < -0.39 is 5.97 Å². The Hall–Kier alpha value is -1.88. The molecule has 104 valence electrons. The normalized spacial score (nSPS) is 11.9. The first-order valence-corrected chi connectivity index (χ1v) is 6.14. The Balaban J connectivity index is 2.74. The minimum atomic E-state index is -1.03. The zero-order valence-corrected chi connectivity index (χ0v) is 11.2. The number of hydrogen-bond donors (Lipinski definition) is 1. The van der Waals surface area contributed by atoms with Gasteiger partial charge in [0.15, 0.2) is 0 Å². The average Bonchev–Trinajstić information content (AvgIpc) is 2.42. The molecule has 1 aromatic carbocycles. The van der Waals surface area contributed by atoms with Gasteiger partial charge in [-0.25, -0.2) is 0 Å². The standard InChI is InChI=1S/C14H19NO4/c1-11(19-2)8-9-13(16)15(10-14(17)18)12-6-4-3-5-7-12/h3-7,11H,8-10H2,1-2H3,(H,17,18). The number of carboxylic acids is 1. The summed E-state index contributed by atoms with van der Waals surface area (Å²) < 4.78 is 5.08. The zero-order chi connectivity index (χ0) is 14.3. The summed E-state index contributed by atoms with van der Waals surface area (Å²) in [5.41, 5.74) is 0.597. The van der Waals surface area contributed by atoms with E-state index in [1.807, 2.05) is 13.0 Å². The molecule has 1 rings (SSSR count). The molecule has 5 heteroatoms. The lowest BCUT2D eigenvalue weighted by Gasteiger charge is -2.21. The van der Waals surface area contributed by atoms with Gasteiger partial charge in [0, 0.05) is 19.2 Å². The van der Waals surface area contributed by atoms with Crippen molar-refractivity contribution in [3.8, 4) is 0 Å². The monoisotopic (exact) mass is 265 g/mol. The van der Waals surface area contributed by atoms with E-state index >= 15 is 0 Å². The van der Waals surface area contributed by atoms with Gasteiger partial charge in [0.25, 0.3) is 0 Å². The summed E-state index contributed by atoms with van der Waals surface area (Å²) in [5.74, 6) is -1.24. The molecule has 19 heavy (non-hydrogen) atoms. The van der Waals surface area contributed by atoms with E-state index in [0.29, 0.717) is 12.1 Å². The van der Waals surface area contributed by atoms with Crippen LogP contribution in [0.5, 0.6) is 0 Å². The van der Waals surface area contributed by atoms with Gasteiger partial charge >= 0.3 is 5.97 Å². The van der Waals surface area contributed by atoms with Crippen molar-refractivity contribution in [1.29, 1.82) is 0 Å². The Bertz CT molecular complexity index is 419. The van der Waals surface area contributed by atoms with E-state index in [4.69, 9.17) is 9.84 Å². The summed E-state index contributed by atoms with van der Waals surface area (Å²) in [6, 6.07) is 8.81. The molecule has 0 heterocycles. The van der Waals surface area contributed by atoms with Crippen LogP contribution in [0.25, 0.3) is 0 Å². The van der Waals surface area contributed by atoms with Gasteiger partial charge in [-0.3, -0.25) is 9.59 Å². The largest absolute Gasteiger partial charge is 0.480 e. The van der Waals surface area contributed by atoms with Gasteiger partial charge in [0.05, 0.1) is 6.10 Å². The third-order valence-corrected chi connectivity index (χ3v) is 2.83. The van der Waals surface area contributed by atoms with Crippen molar-refractivity contribution in [2.75, 3.05) is 18.6 Å². The summed E-state index contributed by atoms with van der Waals surface area (Å²) in [5, 5.41) is 8.90. The number of carbonyl (C=O) groups is 2. The van der Waals surface area contributed by atoms with Crippen molar-refractivity contribution < 1.29 is 19.4 Å². The van der Waals surface area contributed by atoms with Crippen LogP contribution in [-0.4, -0.2) is 36.7 Å². The van der Waals surface area contributed by atoms with Gasteiger partial charge in [-0.2, -0.15) is 0 Å². The maximum absolute atomic E-state index is 12.1. The van der Waals surface area contributed by atoms with E-state index in [-0.39, 0.29) is 25.0 Å². The first-order chi connectivity index (χ1) is 9.04. The van der Waals surface area contributed by atoms with Crippen LogP contribution in [0.4, 0.5) is 5.69 Å². The van der Waals surface area contributed by atoms with Crippen LogP contribution >= 0.6 is 0 Å². The molecule has 1 atom stereocenters. The summed E-state index contributed by atoms with van der Waals surface area (Å²) in [4.78, 5) is 24.3. The molecule has 0 aromatic heterocycles. The van der Waals surface area contributed by atoms with E-state index in [1.165, 1.54) is 4.90 Å². The van der Waals surface area contributed by atoms with Gasteiger partial charge < -0.3 is 14.7 Å². The molecule has 0 bridgehead atoms. The minimum Gasteiger partial charge on any atom is -0.480 e. The van der Waals surface area contributed by atoms with Gasteiger partial charge in [-0.15, -0.1) is 0 Å². The summed E-state index contributed by atoms with van der Waals surface area (Å²) >= 11 is 0. The Morgan fingerprint density at radius 2 is 1.95 bits per heavy atom. The number of carboxylic acid groups (broad SMARTS) is 1. The Kier molecular flexibility index (Phi) is 6.02. The maximum Gasteiger partial charge on any atom is 0.323 e. The molecular formula is C14H19NO4. The highest BCUT2D eigenvalue weighted by Crippen LogP contribution is 2.15. The quantitative estimate of drug-likeness (QED) is 0.818. The molecule has 0 spiro atoms. The second-order valence-electron chi connectivity index (χ2n) is 4.29. The molecule has 1 unspecified atom stereocenters. The fraction of sp³-hybridized carbons (Fsp3) is 0.429. The third-order valence-electron chi connectivity index (χ3n) is 2.83. The number of carbonyl (C=O) groups excluding carboxylic acids is 1. The average molecular weight is 265 g/mol. The van der Waals surface area contributed by atoms with Gasteiger partial charge in [0.2, 0.25) is 5.91 Å². The van der Waals surface area contributed by atoms with Crippen molar-refractivity contribution in [1.82, 2.24) is 0 Å². The first-order valence-electron chi connectivity index (χ1n) is 6.14. The SMILES string of the molecule is COC(C)CCC(=O)N(CC(=O)O)c1ccccc1. The first kappa shape index (κ1) is 15.2. The van der Waals surface area contributed by atoms with Crippen LogP contribution in [0, 0.1) is 0 Å². The Morgan fingerprint density at radius 1 is 1.32 bits per heavy atom. The smallest absolute Gasteiger partial charge is 0.323 e. The molecule has 1 aromatic rings. The molecular weight excluding hydrogens is 246 g/mol. The topological polar surface area (TPSA) is 66.8 Å². The number of para-hydroxylation sites is 1. The number of amides is 1. The number of rotatable bonds is 7. The number of ether oxygens (including phenoxy) is 1. The van der Waals surface area contributed by atoms with Crippen LogP contribution in [0.15, 0.2) is 30.3 Å². The molecule has 0 radical (unpaired) electrons. The maximum atomic E-state index is 12.1. The van der Waals surface area contributed by atoms with Gasteiger partial charge in [-0.05, 0) is 25.5 Å². The molecule has 1 N–H and O–H groups in total. The number of nitrogens with zero attached hydrogens (tertiary/aromatic N) is 1. The van der Waals surface area contributed by atoms with Crippen LogP contribution in [-0.2, 0) is 14.3 Å². The number of benzene rings is 1. The molecule has 0 saturated heterocycles. The van der Waals surface area contributed by atoms with Crippen LogP contribution < -0.4 is 4.90 Å². The van der Waals surface area contributed by atoms with Crippen molar-refractivity contribution in [2.24, 2.45) is 0 Å². The predicted molar refractivity (Wildman–Crippen MR) is 72.1 cm³/mol. The van der Waals surface area contributed by atoms with Crippen LogP contribution in [0.3, 0.4) is 0 Å². The van der Waals surface area contributed by atoms with Crippen molar-refractivity contribution in [3.63, 3.8) is 0 Å². The Labute approximate surface area is 112 Å². The van der Waals surface area contributed by atoms with E-state index in [1.54, 1.807) is 31.4 Å². The molecule has 1 amide bonds. The highest BCUT2D eigenvalue weighted by Gasteiger charge is 2.19. The third kappa shape index (κ3) is 5.09. The molecule has 0 fully saturated rings. The van der Waals surface area contributed by atoms with Gasteiger partial charge in [-0.1, -0.05) is 18.2 Å². The second kappa shape index (κ2) is 7.53. The van der Waals surface area contributed by atoms with Crippen LogP contribution in [0.1, 0.15) is 19.8 Å². The minimum absolute atomic E-state index is 0.0219. The lowest BCUT2D eigenvalue weighted by Crippen LogP contribution is -2.36. The highest BCUT2D eigenvalue weighted by atomic mass is 16.5. The van der Waals surface area contributed by atoms with Crippen LogP contribution in [0.2, 0.25) is 0 Å². The number of anilines is 1. The molecule has 0 aliphatic rings. The van der Waals surface area contributed by atoms with Crippen molar-refractivity contribution in [3.05, 3.63) is 30.3 Å². The zero-order valence-electron chi connectivity index (χ0n) is 11.2. The van der Waals surface area contributed by atoms with Crippen molar-refractivity contribution >= 4 is 17.6 Å². The number of methoxy groups -OCH3 is 1. The lowest BCUT2D eigenvalue weighted by molar-refractivity contribution is -0.136. The second-order valence-corrected chi connectivity index (χ2v) is 4.29. The number of aliphatic carboxylic acids is 1. The molecule has 0 aliphatic carbocycles. The summed E-state index contributed by atoms with van der Waals surface area (Å²) in [7, 11) is 1.58. The molecule has 5 nitrogen and oxygen atoms in total. The van der Waals surface area contributed by atoms with E-state index in [0.717, 1.165) is 0 Å². The fourth-order valence-electron chi connectivity index (χ4n) is 1.65. The van der Waals surface area contributed by atoms with Gasteiger partial charge in [0.1, 0.15) is 6.54 Å². The number of hydrogen-bond acceptors (Lipinski definition) is 3. The highest BCUT2D eigenvalue weighted by molar-refractivity contribution is 5.97. The van der Waals surface area contributed by atoms with E-state index in [2.05, 4.69) is 0 Å². The van der Waals surface area contributed by atoms with Crippen molar-refractivity contribution in [2.45, 2.75) is 25.9 Å². The van der Waals surface area contributed by atoms with E-state index in [9.17, 15) is 9.59 Å². The fourth-order valence-corrected chi connectivity index (χ4v) is 1.65. The summed E-state index contributed by atoms with van der Waals surface area (Å²) in [6.45, 7) is 1.54. The predicted octanol–water partition coefficient (Wildman–Crippen LogP) is 1.92. The Morgan fingerprint density at radius 3 is 2.47 bits per heavy atom.